The largest absolute Gasteiger partial charge is 0.468 e. The molecule has 0 aromatic heterocycles. The van der Waals surface area contributed by atoms with Crippen LogP contribution in [-0.2, 0) is 23.9 Å². The Bertz CT molecular complexity index is 676. The van der Waals surface area contributed by atoms with E-state index >= 15 is 0 Å². The first-order valence-corrected chi connectivity index (χ1v) is 10.1. The molecule has 3 atom stereocenters. The van der Waals surface area contributed by atoms with Crippen LogP contribution in [0.5, 0.6) is 0 Å². The normalized spacial score (nSPS) is 22.8. The Kier molecular flexibility index (Phi) is 6.74. The molecule has 1 heterocycles. The zero-order valence-electron chi connectivity index (χ0n) is 15.1. The average Bonchev–Trinajstić information content (AvgIpc) is 3.00. The van der Waals surface area contributed by atoms with Crippen molar-refractivity contribution in [1.82, 2.24) is 4.90 Å². The molecule has 6 nitrogen and oxygen atoms in total. The van der Waals surface area contributed by atoms with E-state index in [0.717, 1.165) is 17.3 Å². The van der Waals surface area contributed by atoms with Crippen LogP contribution in [-0.4, -0.2) is 51.4 Å². The average molecular weight is 444 g/mol. The highest BCUT2D eigenvalue weighted by Crippen LogP contribution is 2.46. The number of esters is 2. The van der Waals surface area contributed by atoms with E-state index in [1.165, 1.54) is 12.0 Å². The van der Waals surface area contributed by atoms with Crippen LogP contribution in [0, 0.1) is 0 Å². The molecule has 0 unspecified atom stereocenters. The van der Waals surface area contributed by atoms with E-state index in [9.17, 15) is 14.4 Å². The summed E-state index contributed by atoms with van der Waals surface area (Å²) in [6, 6.07) is 8.54. The first-order chi connectivity index (χ1) is 12.2. The summed E-state index contributed by atoms with van der Waals surface area (Å²) in [5.74, 6) is -1.33. The quantitative estimate of drug-likeness (QED) is 0.526. The lowest BCUT2D eigenvalue weighted by molar-refractivity contribution is -0.161. The van der Waals surface area contributed by atoms with Crippen LogP contribution < -0.4 is 0 Å². The van der Waals surface area contributed by atoms with Gasteiger partial charge in [-0.1, -0.05) is 46.3 Å². The predicted octanol–water partition coefficient (Wildman–Crippen LogP) is 2.91. The molecule has 26 heavy (non-hydrogen) atoms. The number of rotatable bonds is 4. The summed E-state index contributed by atoms with van der Waals surface area (Å²) >= 11 is 4.25. The molecular formula is C18H22BrNO5S. The number of carbonyl (C=O) groups excluding carboxylic acids is 3. The minimum absolute atomic E-state index is 0.0318. The van der Waals surface area contributed by atoms with E-state index in [-0.39, 0.29) is 11.2 Å². The maximum atomic E-state index is 12.7. The zero-order valence-corrected chi connectivity index (χ0v) is 17.5. The first-order valence-electron chi connectivity index (χ1n) is 8.08. The molecule has 0 saturated carbocycles. The number of alkyl halides is 1. The summed E-state index contributed by atoms with van der Waals surface area (Å²) in [6.07, 6.45) is 0. The standard InChI is InChI=1S/C18H22BrNO5S/c1-18(2,3)25-17(23)15-20(12(21)10-19)13(11-8-6-5-7-9-11)14(26-15)16(22)24-4/h5-9,13-15H,10H2,1-4H3/t13-,14-,15-/m0/s1. The third-order valence-corrected chi connectivity index (χ3v) is 5.60. The second kappa shape index (κ2) is 8.43. The summed E-state index contributed by atoms with van der Waals surface area (Å²) in [7, 11) is 1.29. The van der Waals surface area contributed by atoms with E-state index in [2.05, 4.69) is 15.9 Å². The van der Waals surface area contributed by atoms with Gasteiger partial charge in [0.25, 0.3) is 0 Å². The van der Waals surface area contributed by atoms with Crippen LogP contribution in [0.3, 0.4) is 0 Å². The van der Waals surface area contributed by atoms with Crippen molar-refractivity contribution in [2.24, 2.45) is 0 Å². The van der Waals surface area contributed by atoms with Gasteiger partial charge in [0.15, 0.2) is 5.37 Å². The summed E-state index contributed by atoms with van der Waals surface area (Å²) in [5, 5.41) is -1.61. The minimum Gasteiger partial charge on any atom is -0.468 e. The van der Waals surface area contributed by atoms with Gasteiger partial charge < -0.3 is 14.4 Å². The van der Waals surface area contributed by atoms with Crippen LogP contribution in [0.15, 0.2) is 30.3 Å². The number of hydrogen-bond donors (Lipinski definition) is 0. The molecule has 0 bridgehead atoms. The van der Waals surface area contributed by atoms with Gasteiger partial charge in [-0.25, -0.2) is 4.79 Å². The van der Waals surface area contributed by atoms with Crippen molar-refractivity contribution in [3.8, 4) is 0 Å². The molecule has 1 aliphatic rings. The van der Waals surface area contributed by atoms with E-state index in [1.54, 1.807) is 20.8 Å². The Hall–Kier alpha value is -1.54. The SMILES string of the molecule is COC(=O)[C@H]1S[C@@H](C(=O)OC(C)(C)C)N(C(=O)CBr)[C@H]1c1ccccc1. The molecule has 0 radical (unpaired) electrons. The van der Waals surface area contributed by atoms with Crippen molar-refractivity contribution in [2.75, 3.05) is 12.4 Å². The van der Waals surface area contributed by atoms with Gasteiger partial charge in [0.05, 0.1) is 18.5 Å². The van der Waals surface area contributed by atoms with Gasteiger partial charge >= 0.3 is 11.9 Å². The molecule has 2 rings (SSSR count). The molecule has 1 aromatic rings. The fraction of sp³-hybridized carbons (Fsp3) is 0.500. The van der Waals surface area contributed by atoms with Crippen molar-refractivity contribution in [1.29, 1.82) is 0 Å². The van der Waals surface area contributed by atoms with Crippen LogP contribution in [0.1, 0.15) is 32.4 Å². The van der Waals surface area contributed by atoms with Crippen LogP contribution in [0.4, 0.5) is 0 Å². The number of halogens is 1. The van der Waals surface area contributed by atoms with Gasteiger partial charge in [-0.15, -0.1) is 11.8 Å². The molecule has 1 aliphatic heterocycles. The van der Waals surface area contributed by atoms with Crippen LogP contribution >= 0.6 is 27.7 Å². The van der Waals surface area contributed by atoms with Gasteiger partial charge in [-0.3, -0.25) is 9.59 Å². The second-order valence-electron chi connectivity index (χ2n) is 6.76. The number of carbonyl (C=O) groups is 3. The Labute approximate surface area is 165 Å². The van der Waals surface area contributed by atoms with Crippen LogP contribution in [0.25, 0.3) is 0 Å². The number of benzene rings is 1. The molecule has 0 aliphatic carbocycles. The molecule has 1 aromatic carbocycles. The Morgan fingerprint density at radius 3 is 2.27 bits per heavy atom. The molecule has 1 amide bonds. The molecule has 0 spiro atoms. The van der Waals surface area contributed by atoms with Gasteiger partial charge in [-0.05, 0) is 26.3 Å². The number of hydrogen-bond acceptors (Lipinski definition) is 6. The van der Waals surface area contributed by atoms with Crippen LogP contribution in [0.2, 0.25) is 0 Å². The van der Waals surface area contributed by atoms with E-state index in [1.807, 2.05) is 30.3 Å². The number of ether oxygens (including phenoxy) is 2. The highest BCUT2D eigenvalue weighted by Gasteiger charge is 2.52. The lowest BCUT2D eigenvalue weighted by atomic mass is 10.0. The molecule has 0 N–H and O–H groups in total. The van der Waals surface area contributed by atoms with Gasteiger partial charge in [0.2, 0.25) is 5.91 Å². The molecular weight excluding hydrogens is 422 g/mol. The zero-order chi connectivity index (χ0) is 19.5. The minimum atomic E-state index is -0.923. The Morgan fingerprint density at radius 2 is 1.77 bits per heavy atom. The number of amides is 1. The monoisotopic (exact) mass is 443 g/mol. The topological polar surface area (TPSA) is 72.9 Å². The van der Waals surface area contributed by atoms with Crippen molar-refractivity contribution in [3.05, 3.63) is 35.9 Å². The summed E-state index contributed by atoms with van der Waals surface area (Å²) in [4.78, 5) is 39.1. The molecule has 1 fully saturated rings. The van der Waals surface area contributed by atoms with E-state index in [0.29, 0.717) is 0 Å². The highest BCUT2D eigenvalue weighted by molar-refractivity contribution is 9.09. The summed E-state index contributed by atoms with van der Waals surface area (Å²) in [5.41, 5.74) is 0.0579. The Morgan fingerprint density at radius 1 is 1.15 bits per heavy atom. The third-order valence-electron chi connectivity index (χ3n) is 3.70. The van der Waals surface area contributed by atoms with Crippen molar-refractivity contribution < 1.29 is 23.9 Å². The fourth-order valence-corrected chi connectivity index (χ4v) is 4.48. The third kappa shape index (κ3) is 4.59. The lowest BCUT2D eigenvalue weighted by Crippen LogP contribution is -2.45. The second-order valence-corrected chi connectivity index (χ2v) is 8.54. The Balaban J connectivity index is 2.48. The summed E-state index contributed by atoms with van der Waals surface area (Å²) in [6.45, 7) is 5.27. The fourth-order valence-electron chi connectivity index (χ4n) is 2.73. The van der Waals surface area contributed by atoms with Crippen molar-refractivity contribution >= 4 is 45.5 Å². The molecule has 1 saturated heterocycles. The maximum absolute atomic E-state index is 12.7. The van der Waals surface area contributed by atoms with Gasteiger partial charge in [0.1, 0.15) is 10.9 Å². The number of nitrogens with zero attached hydrogens (tertiary/aromatic N) is 1. The number of thioether (sulfide) groups is 1. The lowest BCUT2D eigenvalue weighted by Gasteiger charge is -2.30. The van der Waals surface area contributed by atoms with Gasteiger partial charge in [-0.2, -0.15) is 0 Å². The highest BCUT2D eigenvalue weighted by atomic mass is 79.9. The van der Waals surface area contributed by atoms with E-state index in [4.69, 9.17) is 9.47 Å². The number of methoxy groups -OCH3 is 1. The van der Waals surface area contributed by atoms with Crippen molar-refractivity contribution in [3.63, 3.8) is 0 Å². The van der Waals surface area contributed by atoms with E-state index < -0.39 is 34.2 Å². The molecule has 8 heteroatoms. The predicted molar refractivity (Wildman–Crippen MR) is 103 cm³/mol. The molecule has 142 valence electrons. The smallest absolute Gasteiger partial charge is 0.340 e. The summed E-state index contributed by atoms with van der Waals surface area (Å²) < 4.78 is 10.4. The van der Waals surface area contributed by atoms with Crippen molar-refractivity contribution in [2.45, 2.75) is 43.0 Å². The maximum Gasteiger partial charge on any atom is 0.340 e. The first kappa shape index (κ1) is 20.8. The van der Waals surface area contributed by atoms with Gasteiger partial charge in [0, 0.05) is 0 Å².